The van der Waals surface area contributed by atoms with E-state index in [9.17, 15) is 9.59 Å². The van der Waals surface area contributed by atoms with Crippen LogP contribution in [-0.4, -0.2) is 67.8 Å². The SMILES string of the molecule is CN(C)C(=O)NCCNC1(CC(=O)O)CNC1. The van der Waals surface area contributed by atoms with Crippen LogP contribution in [0.25, 0.3) is 0 Å². The van der Waals surface area contributed by atoms with E-state index in [0.717, 1.165) is 0 Å². The summed E-state index contributed by atoms with van der Waals surface area (Å²) in [5.41, 5.74) is -0.353. The van der Waals surface area contributed by atoms with Gasteiger partial charge in [0.1, 0.15) is 0 Å². The molecule has 1 saturated heterocycles. The van der Waals surface area contributed by atoms with Crippen molar-refractivity contribution in [1.29, 1.82) is 0 Å². The average Bonchev–Trinajstić information content (AvgIpc) is 2.19. The van der Waals surface area contributed by atoms with Gasteiger partial charge < -0.3 is 26.0 Å². The highest BCUT2D eigenvalue weighted by molar-refractivity contribution is 5.73. The monoisotopic (exact) mass is 244 g/mol. The van der Waals surface area contributed by atoms with Gasteiger partial charge in [0.05, 0.1) is 12.0 Å². The van der Waals surface area contributed by atoms with Gasteiger partial charge >= 0.3 is 12.0 Å². The number of amides is 2. The Morgan fingerprint density at radius 1 is 1.35 bits per heavy atom. The molecule has 17 heavy (non-hydrogen) atoms. The summed E-state index contributed by atoms with van der Waals surface area (Å²) in [6.45, 7) is 2.36. The van der Waals surface area contributed by atoms with Crippen LogP contribution < -0.4 is 16.0 Å². The molecule has 0 aliphatic carbocycles. The number of carbonyl (C=O) groups excluding carboxylic acids is 1. The molecule has 1 aliphatic rings. The lowest BCUT2D eigenvalue weighted by Crippen LogP contribution is -2.69. The molecule has 0 spiro atoms. The Balaban J connectivity index is 2.20. The third-order valence-electron chi connectivity index (χ3n) is 2.72. The highest BCUT2D eigenvalue weighted by atomic mass is 16.4. The first-order valence-electron chi connectivity index (χ1n) is 5.58. The number of urea groups is 1. The van der Waals surface area contributed by atoms with E-state index in [4.69, 9.17) is 5.11 Å². The quantitative estimate of drug-likeness (QED) is 0.434. The first-order valence-corrected chi connectivity index (χ1v) is 5.58. The van der Waals surface area contributed by atoms with Crippen LogP contribution in [0.4, 0.5) is 4.79 Å². The van der Waals surface area contributed by atoms with Crippen molar-refractivity contribution in [2.45, 2.75) is 12.0 Å². The maximum atomic E-state index is 11.2. The lowest BCUT2D eigenvalue weighted by Gasteiger charge is -2.42. The predicted molar refractivity (Wildman–Crippen MR) is 62.9 cm³/mol. The van der Waals surface area contributed by atoms with Crippen LogP contribution in [0.5, 0.6) is 0 Å². The second-order valence-corrected chi connectivity index (χ2v) is 4.51. The number of carboxylic acid groups (broad SMARTS) is 1. The molecule has 0 radical (unpaired) electrons. The zero-order valence-corrected chi connectivity index (χ0v) is 10.2. The van der Waals surface area contributed by atoms with Gasteiger partial charge in [0, 0.05) is 40.3 Å². The van der Waals surface area contributed by atoms with Crippen LogP contribution in [0.3, 0.4) is 0 Å². The third-order valence-corrected chi connectivity index (χ3v) is 2.72. The number of aliphatic carboxylic acids is 1. The van der Waals surface area contributed by atoms with Crippen molar-refractivity contribution in [2.24, 2.45) is 0 Å². The summed E-state index contributed by atoms with van der Waals surface area (Å²) in [5.74, 6) is -0.809. The number of hydrogen-bond acceptors (Lipinski definition) is 4. The summed E-state index contributed by atoms with van der Waals surface area (Å²) in [7, 11) is 3.34. The molecule has 98 valence electrons. The minimum atomic E-state index is -0.809. The second kappa shape index (κ2) is 5.83. The van der Waals surface area contributed by atoms with Gasteiger partial charge in [-0.2, -0.15) is 0 Å². The van der Waals surface area contributed by atoms with E-state index in [1.807, 2.05) is 0 Å². The molecule has 2 amide bonds. The Labute approximate surface area is 101 Å². The molecule has 1 aliphatic heterocycles. The molecule has 0 aromatic carbocycles. The number of rotatable bonds is 6. The van der Waals surface area contributed by atoms with E-state index in [0.29, 0.717) is 26.2 Å². The van der Waals surface area contributed by atoms with Gasteiger partial charge in [-0.1, -0.05) is 0 Å². The topological polar surface area (TPSA) is 93.7 Å². The maximum absolute atomic E-state index is 11.2. The largest absolute Gasteiger partial charge is 0.481 e. The van der Waals surface area contributed by atoms with E-state index < -0.39 is 5.97 Å². The zero-order chi connectivity index (χ0) is 12.9. The first kappa shape index (κ1) is 13.7. The highest BCUT2D eigenvalue weighted by Crippen LogP contribution is 2.15. The van der Waals surface area contributed by atoms with Gasteiger partial charge in [0.15, 0.2) is 0 Å². The number of nitrogens with one attached hydrogen (secondary N) is 3. The Morgan fingerprint density at radius 2 is 2.00 bits per heavy atom. The summed E-state index contributed by atoms with van der Waals surface area (Å²) in [4.78, 5) is 23.4. The van der Waals surface area contributed by atoms with Crippen molar-refractivity contribution in [3.8, 4) is 0 Å². The summed E-state index contributed by atoms with van der Waals surface area (Å²) >= 11 is 0. The minimum absolute atomic E-state index is 0.0988. The van der Waals surface area contributed by atoms with Crippen molar-refractivity contribution in [1.82, 2.24) is 20.9 Å². The Hall–Kier alpha value is -1.34. The molecule has 0 aromatic rings. The van der Waals surface area contributed by atoms with Gasteiger partial charge in [-0.15, -0.1) is 0 Å². The molecule has 7 heteroatoms. The second-order valence-electron chi connectivity index (χ2n) is 4.51. The van der Waals surface area contributed by atoms with Crippen LogP contribution in [0.15, 0.2) is 0 Å². The smallest absolute Gasteiger partial charge is 0.316 e. The summed E-state index contributed by atoms with van der Waals surface area (Å²) in [6, 6.07) is -0.147. The fourth-order valence-corrected chi connectivity index (χ4v) is 1.68. The van der Waals surface area contributed by atoms with Gasteiger partial charge in [-0.05, 0) is 0 Å². The number of carboxylic acids is 1. The molecule has 0 saturated carbocycles. The predicted octanol–water partition coefficient (Wildman–Crippen LogP) is -1.34. The van der Waals surface area contributed by atoms with Gasteiger partial charge in [-0.25, -0.2) is 4.79 Å². The van der Waals surface area contributed by atoms with Gasteiger partial charge in [-0.3, -0.25) is 4.79 Å². The highest BCUT2D eigenvalue weighted by Gasteiger charge is 2.38. The van der Waals surface area contributed by atoms with Crippen LogP contribution >= 0.6 is 0 Å². The molecule has 1 rings (SSSR count). The fraction of sp³-hybridized carbons (Fsp3) is 0.800. The lowest BCUT2D eigenvalue weighted by molar-refractivity contribution is -0.139. The normalized spacial score (nSPS) is 17.1. The van der Waals surface area contributed by atoms with Crippen LogP contribution in [-0.2, 0) is 4.79 Å². The van der Waals surface area contributed by atoms with Crippen molar-refractivity contribution in [2.75, 3.05) is 40.3 Å². The van der Waals surface area contributed by atoms with E-state index in [1.165, 1.54) is 4.90 Å². The summed E-state index contributed by atoms with van der Waals surface area (Å²) < 4.78 is 0. The Bertz CT molecular complexity index is 289. The molecule has 1 fully saturated rings. The minimum Gasteiger partial charge on any atom is -0.481 e. The van der Waals surface area contributed by atoms with Crippen molar-refractivity contribution < 1.29 is 14.7 Å². The van der Waals surface area contributed by atoms with Crippen LogP contribution in [0, 0.1) is 0 Å². The van der Waals surface area contributed by atoms with Gasteiger partial charge in [0.2, 0.25) is 0 Å². The average molecular weight is 244 g/mol. The Morgan fingerprint density at radius 3 is 2.41 bits per heavy atom. The van der Waals surface area contributed by atoms with Gasteiger partial charge in [0.25, 0.3) is 0 Å². The summed E-state index contributed by atoms with van der Waals surface area (Å²) in [6.07, 6.45) is 0.0988. The molecule has 0 atom stereocenters. The maximum Gasteiger partial charge on any atom is 0.316 e. The molecule has 7 nitrogen and oxygen atoms in total. The molecule has 1 heterocycles. The number of hydrogen-bond donors (Lipinski definition) is 4. The van der Waals surface area contributed by atoms with Crippen molar-refractivity contribution >= 4 is 12.0 Å². The molecule has 0 aromatic heterocycles. The van der Waals surface area contributed by atoms with Crippen LogP contribution in [0.1, 0.15) is 6.42 Å². The number of nitrogens with zero attached hydrogens (tertiary/aromatic N) is 1. The third kappa shape index (κ3) is 4.20. The molecular weight excluding hydrogens is 224 g/mol. The van der Waals surface area contributed by atoms with E-state index in [-0.39, 0.29) is 18.0 Å². The Kier molecular flexibility index (Phi) is 4.71. The molecular formula is C10H20N4O3. The first-order chi connectivity index (χ1) is 7.95. The zero-order valence-electron chi connectivity index (χ0n) is 10.2. The summed E-state index contributed by atoms with van der Waals surface area (Å²) in [5, 5.41) is 17.7. The molecule has 4 N–H and O–H groups in total. The lowest BCUT2D eigenvalue weighted by atomic mass is 9.88. The van der Waals surface area contributed by atoms with Crippen molar-refractivity contribution in [3.63, 3.8) is 0 Å². The van der Waals surface area contributed by atoms with E-state index in [2.05, 4.69) is 16.0 Å². The number of carbonyl (C=O) groups is 2. The molecule has 0 unspecified atom stereocenters. The standard InChI is InChI=1S/C10H20N4O3/c1-14(2)9(17)12-3-4-13-10(5-8(15)16)6-11-7-10/h11,13H,3-7H2,1-2H3,(H,12,17)(H,15,16). The van der Waals surface area contributed by atoms with E-state index in [1.54, 1.807) is 14.1 Å². The van der Waals surface area contributed by atoms with Crippen molar-refractivity contribution in [3.05, 3.63) is 0 Å². The molecule has 0 bridgehead atoms. The van der Waals surface area contributed by atoms with Crippen LogP contribution in [0.2, 0.25) is 0 Å². The fourth-order valence-electron chi connectivity index (χ4n) is 1.68. The van der Waals surface area contributed by atoms with E-state index >= 15 is 0 Å².